The second-order valence-corrected chi connectivity index (χ2v) is 7.71. The first-order valence-corrected chi connectivity index (χ1v) is 10.4. The topological polar surface area (TPSA) is 67.9 Å². The molecule has 0 spiro atoms. The Bertz CT molecular complexity index is 1130. The number of rotatable bonds is 5. The van der Waals surface area contributed by atoms with Crippen LogP contribution in [0.1, 0.15) is 18.1 Å². The first kappa shape index (κ1) is 23.7. The summed E-state index contributed by atoms with van der Waals surface area (Å²) in [6, 6.07) is 7.29. The van der Waals surface area contributed by atoms with Crippen LogP contribution in [0.3, 0.4) is 0 Å². The third-order valence-corrected chi connectivity index (χ3v) is 5.26. The van der Waals surface area contributed by atoms with E-state index in [-0.39, 0.29) is 16.4 Å². The van der Waals surface area contributed by atoms with E-state index in [9.17, 15) is 22.8 Å². The highest BCUT2D eigenvalue weighted by atomic mass is 79.9. The number of anilines is 1. The average molecular weight is 529 g/mol. The van der Waals surface area contributed by atoms with Gasteiger partial charge in [-0.1, -0.05) is 6.07 Å². The lowest BCUT2D eigenvalue weighted by atomic mass is 10.1. The van der Waals surface area contributed by atoms with E-state index in [1.807, 2.05) is 0 Å². The highest BCUT2D eigenvalue weighted by Gasteiger charge is 2.36. The molecule has 32 heavy (non-hydrogen) atoms. The predicted molar refractivity (Wildman–Crippen MR) is 120 cm³/mol. The van der Waals surface area contributed by atoms with Crippen LogP contribution in [-0.2, 0) is 15.8 Å². The zero-order valence-electron chi connectivity index (χ0n) is 16.7. The molecule has 2 amide bonds. The van der Waals surface area contributed by atoms with Gasteiger partial charge in [-0.2, -0.15) is 13.2 Å². The van der Waals surface area contributed by atoms with Gasteiger partial charge in [0, 0.05) is 0 Å². The van der Waals surface area contributed by atoms with Gasteiger partial charge >= 0.3 is 6.18 Å². The molecule has 0 aromatic heterocycles. The van der Waals surface area contributed by atoms with Gasteiger partial charge in [-0.05, 0) is 77.0 Å². The number of hydrogen-bond acceptors (Lipinski definition) is 5. The molecule has 3 rings (SSSR count). The van der Waals surface area contributed by atoms with Crippen LogP contribution in [0.2, 0.25) is 0 Å². The zero-order valence-corrected chi connectivity index (χ0v) is 19.2. The molecule has 0 unspecified atom stereocenters. The molecular weight excluding hydrogens is 513 g/mol. The van der Waals surface area contributed by atoms with Crippen molar-refractivity contribution in [3.8, 4) is 11.5 Å². The van der Waals surface area contributed by atoms with Crippen LogP contribution in [0.25, 0.3) is 6.08 Å². The van der Waals surface area contributed by atoms with Gasteiger partial charge in [0.05, 0.1) is 29.4 Å². The van der Waals surface area contributed by atoms with Crippen LogP contribution in [0.4, 0.5) is 18.9 Å². The molecule has 1 fully saturated rings. The summed E-state index contributed by atoms with van der Waals surface area (Å²) in [6.45, 7) is 2.19. The van der Waals surface area contributed by atoms with Crippen molar-refractivity contribution >= 4 is 56.8 Å². The van der Waals surface area contributed by atoms with Crippen molar-refractivity contribution in [1.82, 2.24) is 5.32 Å². The average Bonchev–Trinajstić information content (AvgIpc) is 2.72. The van der Waals surface area contributed by atoms with E-state index in [0.29, 0.717) is 28.1 Å². The number of ether oxygens (including phenoxy) is 2. The molecule has 11 heteroatoms. The molecule has 0 bridgehead atoms. The number of amides is 2. The molecule has 1 aliphatic heterocycles. The first-order chi connectivity index (χ1) is 15.1. The van der Waals surface area contributed by atoms with Gasteiger partial charge < -0.3 is 9.47 Å². The lowest BCUT2D eigenvalue weighted by Gasteiger charge is -2.29. The Morgan fingerprint density at radius 1 is 1.22 bits per heavy atom. The number of methoxy groups -OCH3 is 1. The number of alkyl halides is 3. The van der Waals surface area contributed by atoms with Gasteiger partial charge in [0.25, 0.3) is 11.8 Å². The van der Waals surface area contributed by atoms with E-state index in [1.165, 1.54) is 19.3 Å². The smallest absolute Gasteiger partial charge is 0.416 e. The lowest BCUT2D eigenvalue weighted by molar-refractivity contribution is -0.137. The molecule has 168 valence electrons. The maximum Gasteiger partial charge on any atom is 0.416 e. The van der Waals surface area contributed by atoms with Crippen LogP contribution in [0.5, 0.6) is 11.5 Å². The van der Waals surface area contributed by atoms with Crippen molar-refractivity contribution < 1.29 is 32.2 Å². The summed E-state index contributed by atoms with van der Waals surface area (Å²) < 4.78 is 50.7. The summed E-state index contributed by atoms with van der Waals surface area (Å²) in [5.74, 6) is -0.820. The number of nitrogens with one attached hydrogen (secondary N) is 1. The predicted octanol–water partition coefficient (Wildman–Crippen LogP) is 4.71. The molecular formula is C21H16BrF3N2O4S. The van der Waals surface area contributed by atoms with Crippen LogP contribution in [0, 0.1) is 0 Å². The van der Waals surface area contributed by atoms with Crippen LogP contribution in [0.15, 0.2) is 46.4 Å². The van der Waals surface area contributed by atoms with Crippen LogP contribution < -0.4 is 19.7 Å². The minimum atomic E-state index is -4.61. The van der Waals surface area contributed by atoms with E-state index < -0.39 is 23.6 Å². The molecule has 0 radical (unpaired) electrons. The summed E-state index contributed by atoms with van der Waals surface area (Å²) in [5, 5.41) is 2.02. The van der Waals surface area contributed by atoms with Crippen LogP contribution in [-0.4, -0.2) is 30.6 Å². The van der Waals surface area contributed by atoms with E-state index in [4.69, 9.17) is 21.7 Å². The Morgan fingerprint density at radius 2 is 1.94 bits per heavy atom. The molecule has 0 aliphatic carbocycles. The van der Waals surface area contributed by atoms with Crippen molar-refractivity contribution in [3.05, 3.63) is 57.6 Å². The van der Waals surface area contributed by atoms with Crippen molar-refractivity contribution in [3.63, 3.8) is 0 Å². The molecule has 1 heterocycles. The Balaban J connectivity index is 2.04. The Morgan fingerprint density at radius 3 is 2.56 bits per heavy atom. The van der Waals surface area contributed by atoms with Crippen LogP contribution >= 0.6 is 28.1 Å². The number of carbonyl (C=O) groups excluding carboxylic acids is 2. The molecule has 2 aromatic rings. The highest BCUT2D eigenvalue weighted by Crippen LogP contribution is 2.38. The summed E-state index contributed by atoms with van der Waals surface area (Å²) in [5.41, 5.74) is -0.957. The minimum absolute atomic E-state index is 0.119. The van der Waals surface area contributed by atoms with E-state index >= 15 is 0 Å². The monoisotopic (exact) mass is 528 g/mol. The normalized spacial score (nSPS) is 15.8. The van der Waals surface area contributed by atoms with Gasteiger partial charge in [0.15, 0.2) is 16.6 Å². The maximum absolute atomic E-state index is 13.1. The maximum atomic E-state index is 13.1. The molecule has 0 saturated carbocycles. The summed E-state index contributed by atoms with van der Waals surface area (Å²) >= 11 is 8.41. The summed E-state index contributed by atoms with van der Waals surface area (Å²) in [7, 11) is 1.44. The Kier molecular flexibility index (Phi) is 6.89. The number of hydrogen-bond donors (Lipinski definition) is 1. The van der Waals surface area contributed by atoms with Crippen molar-refractivity contribution in [2.75, 3.05) is 18.6 Å². The number of benzene rings is 2. The van der Waals surface area contributed by atoms with Gasteiger partial charge in [-0.15, -0.1) is 0 Å². The molecule has 2 aromatic carbocycles. The van der Waals surface area contributed by atoms with Gasteiger partial charge in [0.1, 0.15) is 5.57 Å². The van der Waals surface area contributed by atoms with E-state index in [0.717, 1.165) is 23.1 Å². The van der Waals surface area contributed by atoms with Gasteiger partial charge in [-0.25, -0.2) is 0 Å². The Hall–Kier alpha value is -2.92. The fraction of sp³-hybridized carbons (Fsp3) is 0.190. The second kappa shape index (κ2) is 9.29. The zero-order chi connectivity index (χ0) is 23.6. The van der Waals surface area contributed by atoms with Crippen molar-refractivity contribution in [1.29, 1.82) is 0 Å². The minimum Gasteiger partial charge on any atom is -0.493 e. The molecule has 6 nitrogen and oxygen atoms in total. The summed E-state index contributed by atoms with van der Waals surface area (Å²) in [6.07, 6.45) is -3.31. The highest BCUT2D eigenvalue weighted by molar-refractivity contribution is 9.10. The van der Waals surface area contributed by atoms with Crippen molar-refractivity contribution in [2.24, 2.45) is 0 Å². The second-order valence-electron chi connectivity index (χ2n) is 6.47. The summed E-state index contributed by atoms with van der Waals surface area (Å²) in [4.78, 5) is 26.4. The fourth-order valence-electron chi connectivity index (χ4n) is 2.99. The third-order valence-electron chi connectivity index (χ3n) is 4.38. The number of carbonyl (C=O) groups is 2. The molecule has 1 N–H and O–H groups in total. The Labute approximate surface area is 195 Å². The van der Waals surface area contributed by atoms with Gasteiger partial charge in [0.2, 0.25) is 0 Å². The fourth-order valence-corrected chi connectivity index (χ4v) is 3.84. The molecule has 1 aliphatic rings. The van der Waals surface area contributed by atoms with Gasteiger partial charge in [-0.3, -0.25) is 19.8 Å². The quantitative estimate of drug-likeness (QED) is 0.346. The number of halogens is 4. The first-order valence-electron chi connectivity index (χ1n) is 9.15. The van der Waals surface area contributed by atoms with E-state index in [1.54, 1.807) is 19.1 Å². The standard InChI is InChI=1S/C21H16BrF3N2O4S/c1-3-31-17-15(22)8-11(9-16(17)30-2)7-14-18(28)26-20(32)27(19(14)29)13-6-4-5-12(10-13)21(23,24)25/h4-10H,3H2,1-2H3,(H,26,28,32)/b14-7+. The third kappa shape index (κ3) is 4.78. The van der Waals surface area contributed by atoms with Crippen molar-refractivity contribution in [2.45, 2.75) is 13.1 Å². The number of nitrogens with zero attached hydrogens (tertiary/aromatic N) is 1. The number of thiocarbonyl (C=S) groups is 1. The molecule has 0 atom stereocenters. The molecule has 1 saturated heterocycles. The lowest BCUT2D eigenvalue weighted by Crippen LogP contribution is -2.54. The SMILES string of the molecule is CCOc1c(Br)cc(/C=C2\C(=O)NC(=S)N(c3cccc(C(F)(F)F)c3)C2=O)cc1OC. The largest absolute Gasteiger partial charge is 0.493 e. The van der Waals surface area contributed by atoms with E-state index in [2.05, 4.69) is 21.2 Å².